The molecule has 0 bridgehead atoms. The molecule has 8 nitrogen and oxygen atoms in total. The van der Waals surface area contributed by atoms with Crippen LogP contribution in [0.5, 0.6) is 11.5 Å². The third-order valence-electron chi connectivity index (χ3n) is 6.42. The number of carbonyl (C=O) groups is 1. The van der Waals surface area contributed by atoms with Gasteiger partial charge in [-0.3, -0.25) is 14.5 Å². The van der Waals surface area contributed by atoms with Crippen molar-refractivity contribution in [3.05, 3.63) is 51.9 Å². The summed E-state index contributed by atoms with van der Waals surface area (Å²) in [5.41, 5.74) is 2.16. The van der Waals surface area contributed by atoms with Crippen molar-refractivity contribution in [2.45, 2.75) is 44.9 Å². The molecule has 2 atom stereocenters. The molecule has 1 aromatic carbocycles. The molecule has 1 aliphatic carbocycles. The second-order valence-corrected chi connectivity index (χ2v) is 8.51. The van der Waals surface area contributed by atoms with Gasteiger partial charge in [0.1, 0.15) is 6.10 Å². The van der Waals surface area contributed by atoms with Crippen LogP contribution in [-0.4, -0.2) is 70.4 Å². The molecule has 31 heavy (non-hydrogen) atoms. The van der Waals surface area contributed by atoms with Crippen LogP contribution in [0.15, 0.2) is 35.1 Å². The molecule has 0 saturated carbocycles. The summed E-state index contributed by atoms with van der Waals surface area (Å²) in [6, 6.07) is 9.20. The van der Waals surface area contributed by atoms with E-state index in [4.69, 9.17) is 9.47 Å². The van der Waals surface area contributed by atoms with Crippen molar-refractivity contribution in [2.24, 2.45) is 0 Å². The highest BCUT2D eigenvalue weighted by Crippen LogP contribution is 2.34. The van der Waals surface area contributed by atoms with Gasteiger partial charge >= 0.3 is 0 Å². The summed E-state index contributed by atoms with van der Waals surface area (Å²) < 4.78 is 13.4. The second kappa shape index (κ2) is 8.34. The van der Waals surface area contributed by atoms with E-state index in [1.165, 1.54) is 0 Å². The molecule has 1 aromatic heterocycles. The molecule has 3 heterocycles. The summed E-state index contributed by atoms with van der Waals surface area (Å²) in [6.07, 6.45) is 2.05. The normalized spacial score (nSPS) is 22.9. The van der Waals surface area contributed by atoms with Crippen molar-refractivity contribution < 1.29 is 14.3 Å². The van der Waals surface area contributed by atoms with E-state index in [0.29, 0.717) is 31.1 Å². The van der Waals surface area contributed by atoms with E-state index in [2.05, 4.69) is 10.00 Å². The number of ether oxygens (including phenoxy) is 2. The Labute approximate surface area is 181 Å². The van der Waals surface area contributed by atoms with Crippen LogP contribution < -0.4 is 15.0 Å². The van der Waals surface area contributed by atoms with Crippen LogP contribution in [0.1, 0.15) is 24.6 Å². The number of piperazine rings is 1. The third kappa shape index (κ3) is 4.04. The first-order valence-electron chi connectivity index (χ1n) is 11.1. The maximum Gasteiger partial charge on any atom is 0.267 e. The van der Waals surface area contributed by atoms with Gasteiger partial charge in [0.25, 0.3) is 11.5 Å². The van der Waals surface area contributed by atoms with E-state index in [-0.39, 0.29) is 17.6 Å². The molecule has 8 heteroatoms. The molecular formula is C23H28N4O4. The average Bonchev–Trinajstić information content (AvgIpc) is 3.24. The van der Waals surface area contributed by atoms with E-state index >= 15 is 0 Å². The van der Waals surface area contributed by atoms with Gasteiger partial charge < -0.3 is 14.4 Å². The molecule has 1 amide bonds. The predicted molar refractivity (Wildman–Crippen MR) is 114 cm³/mol. The summed E-state index contributed by atoms with van der Waals surface area (Å²) >= 11 is 0. The average molecular weight is 425 g/mol. The van der Waals surface area contributed by atoms with Crippen molar-refractivity contribution >= 4 is 5.91 Å². The molecule has 2 aromatic rings. The van der Waals surface area contributed by atoms with Gasteiger partial charge in [0.05, 0.1) is 12.2 Å². The molecule has 2 unspecified atom stereocenters. The van der Waals surface area contributed by atoms with Crippen LogP contribution in [0.25, 0.3) is 0 Å². The summed E-state index contributed by atoms with van der Waals surface area (Å²) in [6.45, 7) is 6.01. The number of aromatic nitrogens is 2. The van der Waals surface area contributed by atoms with Crippen molar-refractivity contribution in [2.75, 3.05) is 32.7 Å². The van der Waals surface area contributed by atoms with Gasteiger partial charge in [-0.1, -0.05) is 12.1 Å². The summed E-state index contributed by atoms with van der Waals surface area (Å²) in [7, 11) is 0. The minimum atomic E-state index is -0.629. The lowest BCUT2D eigenvalue weighted by molar-refractivity contribution is -0.146. The van der Waals surface area contributed by atoms with Crippen molar-refractivity contribution in [3.8, 4) is 11.5 Å². The Kier molecular flexibility index (Phi) is 5.40. The monoisotopic (exact) mass is 424 g/mol. The smallest absolute Gasteiger partial charge is 0.267 e. The number of hydrogen-bond donors (Lipinski definition) is 0. The van der Waals surface area contributed by atoms with E-state index in [1.54, 1.807) is 10.7 Å². The number of hydrogen-bond acceptors (Lipinski definition) is 6. The summed E-state index contributed by atoms with van der Waals surface area (Å²) in [5.74, 6) is 1.27. The molecular weight excluding hydrogens is 396 g/mol. The Hall–Kier alpha value is -2.87. The minimum Gasteiger partial charge on any atom is -0.482 e. The topological polar surface area (TPSA) is 76.9 Å². The third-order valence-corrected chi connectivity index (χ3v) is 6.42. The van der Waals surface area contributed by atoms with Gasteiger partial charge in [0, 0.05) is 38.8 Å². The quantitative estimate of drug-likeness (QED) is 0.732. The maximum absolute atomic E-state index is 13.1. The highest BCUT2D eigenvalue weighted by molar-refractivity contribution is 5.82. The van der Waals surface area contributed by atoms with E-state index in [0.717, 1.165) is 50.2 Å². The van der Waals surface area contributed by atoms with Crippen molar-refractivity contribution in [1.82, 2.24) is 19.6 Å². The zero-order valence-electron chi connectivity index (χ0n) is 17.8. The number of fused-ring (bicyclic) bond motifs is 2. The van der Waals surface area contributed by atoms with E-state index < -0.39 is 6.10 Å². The maximum atomic E-state index is 13.1. The van der Waals surface area contributed by atoms with Crippen LogP contribution in [0.3, 0.4) is 0 Å². The standard InChI is InChI=1S/C23H28N4O4/c1-16-22(31-20-8-3-2-7-19(20)30-16)23(29)26-12-9-25(10-13-26)11-14-27-21(28)15-17-5-4-6-18(17)24-27/h2-3,7-8,15-16,22H,4-6,9-14H2,1H3. The highest BCUT2D eigenvalue weighted by Gasteiger charge is 2.37. The number of rotatable bonds is 4. The Morgan fingerprint density at radius 1 is 1.06 bits per heavy atom. The van der Waals surface area contributed by atoms with Gasteiger partial charge in [-0.05, 0) is 43.9 Å². The fraction of sp³-hybridized carbons (Fsp3) is 0.522. The van der Waals surface area contributed by atoms with E-state index in [1.807, 2.05) is 36.1 Å². The lowest BCUT2D eigenvalue weighted by Gasteiger charge is -2.38. The molecule has 0 N–H and O–H groups in total. The fourth-order valence-corrected chi connectivity index (χ4v) is 4.60. The molecule has 5 rings (SSSR count). The van der Waals surface area contributed by atoms with Crippen LogP contribution in [0.2, 0.25) is 0 Å². The Bertz CT molecular complexity index is 1030. The van der Waals surface area contributed by atoms with Crippen LogP contribution >= 0.6 is 0 Å². The van der Waals surface area contributed by atoms with Gasteiger partial charge in [-0.2, -0.15) is 5.10 Å². The number of amides is 1. The summed E-state index contributed by atoms with van der Waals surface area (Å²) in [5, 5.41) is 4.55. The number of carbonyl (C=O) groups excluding carboxylic acids is 1. The molecule has 0 radical (unpaired) electrons. The Balaban J connectivity index is 1.15. The first kappa shape index (κ1) is 20.1. The molecule has 1 fully saturated rings. The molecule has 3 aliphatic rings. The SMILES string of the molecule is CC1Oc2ccccc2OC1C(=O)N1CCN(CCn2nc3c(cc2=O)CCC3)CC1. The van der Waals surface area contributed by atoms with Gasteiger partial charge in [0.15, 0.2) is 11.5 Å². The second-order valence-electron chi connectivity index (χ2n) is 8.51. The van der Waals surface area contributed by atoms with Crippen LogP contribution in [0.4, 0.5) is 0 Å². The number of benzene rings is 1. The highest BCUT2D eigenvalue weighted by atomic mass is 16.6. The minimum absolute atomic E-state index is 0.0156. The molecule has 164 valence electrons. The largest absolute Gasteiger partial charge is 0.482 e. The lowest BCUT2D eigenvalue weighted by atomic mass is 10.1. The first-order valence-corrected chi connectivity index (χ1v) is 11.1. The van der Waals surface area contributed by atoms with Gasteiger partial charge in [0.2, 0.25) is 6.10 Å². The van der Waals surface area contributed by atoms with Crippen molar-refractivity contribution in [3.63, 3.8) is 0 Å². The zero-order chi connectivity index (χ0) is 21.4. The number of para-hydroxylation sites is 2. The number of aryl methyl sites for hydroxylation is 2. The predicted octanol–water partition coefficient (Wildman–Crippen LogP) is 1.10. The molecule has 0 spiro atoms. The summed E-state index contributed by atoms with van der Waals surface area (Å²) in [4.78, 5) is 29.5. The number of nitrogens with zero attached hydrogens (tertiary/aromatic N) is 4. The van der Waals surface area contributed by atoms with Gasteiger partial charge in [-0.15, -0.1) is 0 Å². The Morgan fingerprint density at radius 3 is 2.58 bits per heavy atom. The fourth-order valence-electron chi connectivity index (χ4n) is 4.60. The van der Waals surface area contributed by atoms with Crippen LogP contribution in [0, 0.1) is 0 Å². The van der Waals surface area contributed by atoms with E-state index in [9.17, 15) is 9.59 Å². The molecule has 2 aliphatic heterocycles. The van der Waals surface area contributed by atoms with Gasteiger partial charge in [-0.25, -0.2) is 4.68 Å². The van der Waals surface area contributed by atoms with Crippen molar-refractivity contribution in [1.29, 1.82) is 0 Å². The zero-order valence-corrected chi connectivity index (χ0v) is 17.8. The van der Waals surface area contributed by atoms with Crippen LogP contribution in [-0.2, 0) is 24.2 Å². The molecule has 1 saturated heterocycles. The first-order chi connectivity index (χ1) is 15.1. The Morgan fingerprint density at radius 2 is 1.81 bits per heavy atom. The lowest BCUT2D eigenvalue weighted by Crippen LogP contribution is -2.56.